The zero-order valence-electron chi connectivity index (χ0n) is 11.6. The second kappa shape index (κ2) is 5.73. The SMILES string of the molecule is CCCN1CCO[C@H]2c3cc(OC)ccc3SC[C@@H]21. The molecule has 4 heteroatoms. The highest BCUT2D eigenvalue weighted by Gasteiger charge is 2.37. The molecule has 19 heavy (non-hydrogen) atoms. The van der Waals surface area contributed by atoms with E-state index < -0.39 is 0 Å². The van der Waals surface area contributed by atoms with Gasteiger partial charge in [0.05, 0.1) is 13.7 Å². The smallest absolute Gasteiger partial charge is 0.119 e. The topological polar surface area (TPSA) is 21.7 Å². The average molecular weight is 279 g/mol. The quantitative estimate of drug-likeness (QED) is 0.848. The number of ether oxygens (including phenoxy) is 2. The lowest BCUT2D eigenvalue weighted by Gasteiger charge is -2.44. The summed E-state index contributed by atoms with van der Waals surface area (Å²) >= 11 is 1.95. The van der Waals surface area contributed by atoms with Gasteiger partial charge >= 0.3 is 0 Å². The maximum absolute atomic E-state index is 6.07. The van der Waals surface area contributed by atoms with E-state index in [-0.39, 0.29) is 6.10 Å². The fourth-order valence-corrected chi connectivity index (χ4v) is 4.24. The molecule has 0 aromatic heterocycles. The third-order valence-corrected chi connectivity index (χ3v) is 5.13. The maximum Gasteiger partial charge on any atom is 0.119 e. The van der Waals surface area contributed by atoms with Gasteiger partial charge in [-0.1, -0.05) is 6.92 Å². The van der Waals surface area contributed by atoms with E-state index in [1.54, 1.807) is 7.11 Å². The van der Waals surface area contributed by atoms with Gasteiger partial charge < -0.3 is 9.47 Å². The average Bonchev–Trinajstić information content (AvgIpc) is 2.47. The molecule has 2 aliphatic heterocycles. The summed E-state index contributed by atoms with van der Waals surface area (Å²) in [7, 11) is 1.72. The van der Waals surface area contributed by atoms with Crippen LogP contribution in [-0.4, -0.2) is 43.5 Å². The first kappa shape index (κ1) is 13.3. The van der Waals surface area contributed by atoms with Gasteiger partial charge in [-0.2, -0.15) is 0 Å². The largest absolute Gasteiger partial charge is 0.497 e. The summed E-state index contributed by atoms with van der Waals surface area (Å²) in [5, 5.41) is 0. The van der Waals surface area contributed by atoms with E-state index in [9.17, 15) is 0 Å². The summed E-state index contributed by atoms with van der Waals surface area (Å²) in [5.74, 6) is 2.06. The first-order valence-electron chi connectivity index (χ1n) is 7.00. The lowest BCUT2D eigenvalue weighted by atomic mass is 9.99. The molecule has 0 radical (unpaired) electrons. The highest BCUT2D eigenvalue weighted by Crippen LogP contribution is 2.43. The predicted molar refractivity (Wildman–Crippen MR) is 78.1 cm³/mol. The minimum atomic E-state index is 0.214. The summed E-state index contributed by atoms with van der Waals surface area (Å²) in [6.45, 7) is 5.32. The molecule has 1 saturated heterocycles. The molecule has 0 aliphatic carbocycles. The summed E-state index contributed by atoms with van der Waals surface area (Å²) in [5.41, 5.74) is 1.31. The third kappa shape index (κ3) is 2.49. The van der Waals surface area contributed by atoms with Gasteiger partial charge in [-0.05, 0) is 36.7 Å². The molecule has 2 atom stereocenters. The maximum atomic E-state index is 6.07. The normalized spacial score (nSPS) is 26.6. The molecular formula is C15H21NO2S. The highest BCUT2D eigenvalue weighted by molar-refractivity contribution is 7.99. The van der Waals surface area contributed by atoms with Crippen molar-refractivity contribution in [3.63, 3.8) is 0 Å². The summed E-state index contributed by atoms with van der Waals surface area (Å²) in [6.07, 6.45) is 1.42. The number of thioether (sulfide) groups is 1. The Balaban J connectivity index is 1.90. The highest BCUT2D eigenvalue weighted by atomic mass is 32.2. The van der Waals surface area contributed by atoms with Gasteiger partial charge in [-0.25, -0.2) is 0 Å². The van der Waals surface area contributed by atoms with Crippen LogP contribution < -0.4 is 4.74 Å². The molecular weight excluding hydrogens is 258 g/mol. The summed E-state index contributed by atoms with van der Waals surface area (Å²) in [6, 6.07) is 6.86. The van der Waals surface area contributed by atoms with Crippen molar-refractivity contribution in [2.45, 2.75) is 30.4 Å². The molecule has 2 heterocycles. The molecule has 0 unspecified atom stereocenters. The molecule has 3 nitrogen and oxygen atoms in total. The van der Waals surface area contributed by atoms with E-state index in [0.717, 1.165) is 24.7 Å². The Morgan fingerprint density at radius 1 is 1.47 bits per heavy atom. The van der Waals surface area contributed by atoms with Crippen LogP contribution in [-0.2, 0) is 4.74 Å². The van der Waals surface area contributed by atoms with E-state index in [0.29, 0.717) is 6.04 Å². The van der Waals surface area contributed by atoms with Crippen LogP contribution in [0.4, 0.5) is 0 Å². The van der Waals surface area contributed by atoms with Crippen molar-refractivity contribution in [2.24, 2.45) is 0 Å². The molecule has 1 fully saturated rings. The van der Waals surface area contributed by atoms with Crippen molar-refractivity contribution < 1.29 is 9.47 Å². The molecule has 104 valence electrons. The first-order chi connectivity index (χ1) is 9.33. The number of methoxy groups -OCH3 is 1. The van der Waals surface area contributed by atoms with Crippen molar-refractivity contribution in [3.05, 3.63) is 23.8 Å². The van der Waals surface area contributed by atoms with Crippen LogP contribution in [0.5, 0.6) is 5.75 Å². The summed E-state index contributed by atoms with van der Waals surface area (Å²) < 4.78 is 11.4. The fraction of sp³-hybridized carbons (Fsp3) is 0.600. The van der Waals surface area contributed by atoms with Crippen LogP contribution in [0.1, 0.15) is 25.0 Å². The van der Waals surface area contributed by atoms with Gasteiger partial charge in [0.2, 0.25) is 0 Å². The van der Waals surface area contributed by atoms with E-state index >= 15 is 0 Å². The van der Waals surface area contributed by atoms with E-state index in [4.69, 9.17) is 9.47 Å². The molecule has 0 amide bonds. The van der Waals surface area contributed by atoms with Crippen molar-refractivity contribution in [1.29, 1.82) is 0 Å². The number of rotatable bonds is 3. The molecule has 3 rings (SSSR count). The van der Waals surface area contributed by atoms with Crippen molar-refractivity contribution >= 4 is 11.8 Å². The zero-order chi connectivity index (χ0) is 13.2. The second-order valence-electron chi connectivity index (χ2n) is 5.11. The Kier molecular flexibility index (Phi) is 4.01. The van der Waals surface area contributed by atoms with Crippen LogP contribution in [0.3, 0.4) is 0 Å². The number of fused-ring (bicyclic) bond motifs is 3. The Labute approximate surface area is 119 Å². The van der Waals surface area contributed by atoms with Gasteiger partial charge in [0.1, 0.15) is 11.9 Å². The standard InChI is InChI=1S/C15H21NO2S/c1-3-6-16-7-8-18-15-12-9-11(17-2)4-5-14(12)19-10-13(15)16/h4-5,9,13,15H,3,6-8,10H2,1-2H3/t13-,15-/m0/s1. The van der Waals surface area contributed by atoms with Crippen molar-refractivity contribution in [2.75, 3.05) is 32.6 Å². The Hall–Kier alpha value is -0.710. The molecule has 2 aliphatic rings. The van der Waals surface area contributed by atoms with Gasteiger partial charge in [0, 0.05) is 23.2 Å². The lowest BCUT2D eigenvalue weighted by Crippen LogP contribution is -2.50. The van der Waals surface area contributed by atoms with Crippen LogP contribution in [0, 0.1) is 0 Å². The zero-order valence-corrected chi connectivity index (χ0v) is 12.4. The third-order valence-electron chi connectivity index (χ3n) is 3.94. The predicted octanol–water partition coefficient (Wildman–Crippen LogP) is 2.95. The van der Waals surface area contributed by atoms with Gasteiger partial charge in [0.25, 0.3) is 0 Å². The lowest BCUT2D eigenvalue weighted by molar-refractivity contribution is -0.0677. The molecule has 1 aromatic carbocycles. The van der Waals surface area contributed by atoms with E-state index in [1.807, 2.05) is 17.8 Å². The van der Waals surface area contributed by atoms with Crippen LogP contribution in [0.15, 0.2) is 23.1 Å². The minimum Gasteiger partial charge on any atom is -0.497 e. The van der Waals surface area contributed by atoms with Crippen molar-refractivity contribution in [1.82, 2.24) is 4.90 Å². The molecule has 0 N–H and O–H groups in total. The first-order valence-corrected chi connectivity index (χ1v) is 7.98. The molecule has 0 bridgehead atoms. The molecule has 0 saturated carbocycles. The van der Waals surface area contributed by atoms with E-state index in [2.05, 4.69) is 24.0 Å². The van der Waals surface area contributed by atoms with Crippen LogP contribution in [0.2, 0.25) is 0 Å². The van der Waals surface area contributed by atoms with Crippen LogP contribution >= 0.6 is 11.8 Å². The number of hydrogen-bond acceptors (Lipinski definition) is 4. The number of hydrogen-bond donors (Lipinski definition) is 0. The Morgan fingerprint density at radius 3 is 3.16 bits per heavy atom. The van der Waals surface area contributed by atoms with Gasteiger partial charge in [-0.15, -0.1) is 11.8 Å². The van der Waals surface area contributed by atoms with Gasteiger partial charge in [0.15, 0.2) is 0 Å². The Morgan fingerprint density at radius 2 is 2.37 bits per heavy atom. The second-order valence-corrected chi connectivity index (χ2v) is 6.17. The molecule has 1 aromatic rings. The van der Waals surface area contributed by atoms with Crippen LogP contribution in [0.25, 0.3) is 0 Å². The summed E-state index contributed by atoms with van der Waals surface area (Å²) in [4.78, 5) is 3.93. The molecule has 0 spiro atoms. The number of morpholine rings is 1. The monoisotopic (exact) mass is 279 g/mol. The van der Waals surface area contributed by atoms with Gasteiger partial charge in [-0.3, -0.25) is 4.90 Å². The Bertz CT molecular complexity index is 450. The number of benzene rings is 1. The minimum absolute atomic E-state index is 0.214. The number of nitrogens with zero attached hydrogens (tertiary/aromatic N) is 1. The van der Waals surface area contributed by atoms with Crippen molar-refractivity contribution in [3.8, 4) is 5.75 Å². The fourth-order valence-electron chi connectivity index (χ4n) is 3.00. The van der Waals surface area contributed by atoms with E-state index in [1.165, 1.54) is 23.4 Å².